The predicted molar refractivity (Wildman–Crippen MR) is 367 cm³/mol. The molecule has 0 aliphatic heterocycles. The lowest BCUT2D eigenvalue weighted by Gasteiger charge is -2.00. The first-order valence-electron chi connectivity index (χ1n) is 22.1. The van der Waals surface area contributed by atoms with E-state index in [1.54, 1.807) is 206 Å². The number of methoxy groups -OCH3 is 10. The van der Waals surface area contributed by atoms with Crippen LogP contribution in [0.25, 0.3) is 0 Å². The molecule has 0 aromatic carbocycles. The van der Waals surface area contributed by atoms with Gasteiger partial charge >= 0.3 is 59.7 Å². The lowest BCUT2D eigenvalue weighted by atomic mass is 10.5. The van der Waals surface area contributed by atoms with Gasteiger partial charge in [-0.05, 0) is 98.3 Å². The summed E-state index contributed by atoms with van der Waals surface area (Å²) in [4.78, 5) is 107. The molecule has 0 bridgehead atoms. The maximum Gasteiger partial charge on any atom is 0.306 e. The van der Waals surface area contributed by atoms with Gasteiger partial charge in [-0.15, -0.1) is 0 Å². The summed E-state index contributed by atoms with van der Waals surface area (Å²) in [5, 5.41) is 0. The van der Waals surface area contributed by atoms with Crippen molar-refractivity contribution in [3.05, 3.63) is 0 Å². The van der Waals surface area contributed by atoms with Crippen molar-refractivity contribution in [3.8, 4) is 0 Å². The number of esters is 10. The molecule has 0 aromatic heterocycles. The molecule has 0 N–H and O–H groups in total. The van der Waals surface area contributed by atoms with Gasteiger partial charge in [-0.2, -0.15) is 0 Å². The average molecular weight is 1510 g/mol. The summed E-state index contributed by atoms with van der Waals surface area (Å²) in [5.41, 5.74) is 0. The van der Waals surface area contributed by atoms with Crippen molar-refractivity contribution in [2.75, 3.05) is 129 Å². The fourth-order valence-electron chi connectivity index (χ4n) is 2.85. The van der Waals surface area contributed by atoms with E-state index in [0.717, 1.165) is 46.0 Å². The highest BCUT2D eigenvalue weighted by Gasteiger charge is 2.07. The monoisotopic (exact) mass is 1510 g/mol. The number of ether oxygens (including phenoxy) is 10. The number of hydrogen-bond acceptors (Lipinski definition) is 40. The zero-order chi connectivity index (χ0) is 61.1. The summed E-state index contributed by atoms with van der Waals surface area (Å²) >= 11 is 0. The predicted octanol–water partition coefficient (Wildman–Crippen LogP) is 14.0. The van der Waals surface area contributed by atoms with Crippen LogP contribution in [0.5, 0.6) is 0 Å². The zero-order valence-corrected chi connectivity index (χ0v) is 61.8. The molecule has 20 nitrogen and oxygen atoms in total. The maximum absolute atomic E-state index is 10.8. The lowest BCUT2D eigenvalue weighted by molar-refractivity contribution is -0.141. The van der Waals surface area contributed by atoms with E-state index >= 15 is 0 Å². The fourth-order valence-corrected chi connectivity index (χ4v) is 34.4. The van der Waals surface area contributed by atoms with Crippen LogP contribution in [-0.4, -0.2) is 188 Å². The molecule has 0 spiro atoms. The van der Waals surface area contributed by atoms with E-state index in [2.05, 4.69) is 47.4 Å². The van der Waals surface area contributed by atoms with Gasteiger partial charge in [-0.25, -0.2) is 0 Å². The molecular formula is C40H70O20S20. The Bertz CT molecular complexity index is 1460. The Hall–Kier alpha value is 1.70. The van der Waals surface area contributed by atoms with Crippen molar-refractivity contribution in [3.63, 3.8) is 0 Å². The first kappa shape index (κ1) is 90.4. The van der Waals surface area contributed by atoms with Gasteiger partial charge in [0.25, 0.3) is 0 Å². The highest BCUT2D eigenvalue weighted by molar-refractivity contribution is 9.41. The van der Waals surface area contributed by atoms with Crippen LogP contribution in [0.15, 0.2) is 0 Å². The van der Waals surface area contributed by atoms with E-state index in [9.17, 15) is 47.9 Å². The molecule has 0 unspecified atom stereocenters. The van der Waals surface area contributed by atoms with Gasteiger partial charge in [-0.3, -0.25) is 47.9 Å². The van der Waals surface area contributed by atoms with Crippen molar-refractivity contribution in [2.45, 2.75) is 64.2 Å². The molecule has 0 saturated heterocycles. The standard InChI is InChI=1S/C8H14O4S6.C8H14O4S5.C8H14O4S4.C8H14O4S3.C8H14O4S2/c1-11-7(9)3-5-13-15-17-18-16-14-6-4-8(10)12-2;1-11-7(9)3-5-13-15-17-16-14-6-4-8(10)12-2;1-11-7(9)3-5-13-15-16-14-6-4-8(10)12-2;1-11-7(9)3-5-13-15-14-6-4-8(10)12-2;1-11-7(9)3-5-13-14-6-4-8(10)12-2/h3-6H2,1-2H3;3-6H2,1-2H3;3-6H2,1-2H3;3-6H2,1-2H3;3-6H2,1-2H3. The summed E-state index contributed by atoms with van der Waals surface area (Å²) in [6.45, 7) is 0. The molecule has 0 heterocycles. The van der Waals surface area contributed by atoms with Crippen LogP contribution in [0.2, 0.25) is 0 Å². The number of carbonyl (C=O) groups excluding carboxylic acids is 10. The second-order valence-corrected chi connectivity index (χ2v) is 43.4. The van der Waals surface area contributed by atoms with Crippen LogP contribution in [0.4, 0.5) is 0 Å². The Kier molecular flexibility index (Phi) is 86.8. The van der Waals surface area contributed by atoms with Crippen molar-refractivity contribution in [1.82, 2.24) is 0 Å². The van der Waals surface area contributed by atoms with Gasteiger partial charge in [0, 0.05) is 57.5 Å². The molecular weight excluding hydrogens is 1440 g/mol. The molecule has 0 amide bonds. The third kappa shape index (κ3) is 83.9. The molecule has 0 saturated carbocycles. The average Bonchev–Trinajstić information content (AvgIpc) is 3.47. The molecule has 0 aliphatic carbocycles. The second kappa shape index (κ2) is 76.8. The van der Waals surface area contributed by atoms with E-state index < -0.39 is 0 Å². The van der Waals surface area contributed by atoms with Gasteiger partial charge in [0.2, 0.25) is 0 Å². The van der Waals surface area contributed by atoms with Crippen LogP contribution >= 0.6 is 206 Å². The van der Waals surface area contributed by atoms with Gasteiger partial charge in [-0.1, -0.05) is 108 Å². The summed E-state index contributed by atoms with van der Waals surface area (Å²) < 4.78 is 45.1. The summed E-state index contributed by atoms with van der Waals surface area (Å²) in [6.07, 6.45) is 4.30. The Labute approximate surface area is 547 Å². The smallest absolute Gasteiger partial charge is 0.306 e. The van der Waals surface area contributed by atoms with Gasteiger partial charge in [0.15, 0.2) is 0 Å². The van der Waals surface area contributed by atoms with Gasteiger partial charge in [0.05, 0.1) is 135 Å². The van der Waals surface area contributed by atoms with Crippen LogP contribution in [0, 0.1) is 0 Å². The van der Waals surface area contributed by atoms with Gasteiger partial charge in [0.1, 0.15) is 0 Å². The highest BCUT2D eigenvalue weighted by Crippen LogP contribution is 2.52. The van der Waals surface area contributed by atoms with E-state index in [1.807, 2.05) is 0 Å². The van der Waals surface area contributed by atoms with E-state index in [4.69, 9.17) is 0 Å². The third-order valence-corrected chi connectivity index (χ3v) is 39.5. The number of hydrogen-bond donors (Lipinski definition) is 0. The van der Waals surface area contributed by atoms with Crippen molar-refractivity contribution >= 4 is 266 Å². The topological polar surface area (TPSA) is 263 Å². The maximum atomic E-state index is 10.8. The molecule has 0 atom stereocenters. The molecule has 0 aliphatic rings. The Balaban J connectivity index is -0.000000294. The number of rotatable bonds is 45. The summed E-state index contributed by atoms with van der Waals surface area (Å²) in [6, 6.07) is 0. The van der Waals surface area contributed by atoms with E-state index in [1.165, 1.54) is 71.1 Å². The van der Waals surface area contributed by atoms with E-state index in [-0.39, 0.29) is 59.7 Å². The Morgan fingerprint density at radius 3 is 0.438 bits per heavy atom. The molecule has 470 valence electrons. The minimum atomic E-state index is -0.203. The third-order valence-electron chi connectivity index (χ3n) is 6.81. The van der Waals surface area contributed by atoms with Crippen molar-refractivity contribution in [1.29, 1.82) is 0 Å². The van der Waals surface area contributed by atoms with Crippen molar-refractivity contribution < 1.29 is 95.3 Å². The first-order valence-corrected chi connectivity index (χ1v) is 47.9. The van der Waals surface area contributed by atoms with Crippen LogP contribution < -0.4 is 0 Å². The largest absolute Gasteiger partial charge is 0.469 e. The lowest BCUT2D eigenvalue weighted by Crippen LogP contribution is -2.01. The molecule has 40 heteroatoms. The van der Waals surface area contributed by atoms with Crippen LogP contribution in [0.3, 0.4) is 0 Å². The Morgan fingerprint density at radius 2 is 0.287 bits per heavy atom. The van der Waals surface area contributed by atoms with E-state index in [0.29, 0.717) is 75.7 Å². The fraction of sp³-hybridized carbons (Fsp3) is 0.750. The first-order chi connectivity index (χ1) is 38.5. The van der Waals surface area contributed by atoms with Crippen molar-refractivity contribution in [2.24, 2.45) is 0 Å². The van der Waals surface area contributed by atoms with Gasteiger partial charge < -0.3 is 47.4 Å². The molecule has 0 rings (SSSR count). The Morgan fingerprint density at radius 1 is 0.175 bits per heavy atom. The van der Waals surface area contributed by atoms with Crippen LogP contribution in [0.1, 0.15) is 64.2 Å². The highest BCUT2D eigenvalue weighted by atomic mass is 33.9. The number of carbonyl (C=O) groups is 10. The zero-order valence-electron chi connectivity index (χ0n) is 45.5. The minimum absolute atomic E-state index is 0.173. The molecule has 0 aromatic rings. The SMILES string of the molecule is COC(=O)CCSSCCC(=O)OC.COC(=O)CCSSSCCC(=O)OC.COC(=O)CCSSSSCCC(=O)OC.COC(=O)CCSSSSSCCC(=O)OC.COC(=O)CCSSSSSSCCC(=O)OC. The quantitative estimate of drug-likeness (QED) is 0.0237. The minimum Gasteiger partial charge on any atom is -0.469 e. The summed E-state index contributed by atoms with van der Waals surface area (Å²) in [5.74, 6) is 5.49. The second-order valence-electron chi connectivity index (χ2n) is 12.2. The van der Waals surface area contributed by atoms with Crippen LogP contribution in [-0.2, 0) is 95.3 Å². The molecule has 0 fully saturated rings. The summed E-state index contributed by atoms with van der Waals surface area (Å²) in [7, 11) is 46.1. The molecule has 0 radical (unpaired) electrons. The molecule has 80 heavy (non-hydrogen) atoms. The normalized spacial score (nSPS) is 9.88.